The number of ether oxygens (including phenoxy) is 1. The van der Waals surface area contributed by atoms with E-state index < -0.39 is 17.6 Å². The molecule has 1 rings (SSSR count). The van der Waals surface area contributed by atoms with Crippen LogP contribution in [-0.2, 0) is 15.5 Å². The molecule has 0 atom stereocenters. The molecule has 0 saturated carbocycles. The van der Waals surface area contributed by atoms with Crippen molar-refractivity contribution < 1.29 is 18.3 Å². The number of aromatic amines is 1. The van der Waals surface area contributed by atoms with E-state index in [2.05, 4.69) is 14.9 Å². The standard InChI is InChI=1S/C8H10F2N2O2/c1-3-14-7(13)8(9,10)6-5(2)4-11-12-6/h4H,3H2,1-2H3,(H,11,12). The Hall–Kier alpha value is -1.46. The summed E-state index contributed by atoms with van der Waals surface area (Å²) in [5.74, 6) is -5.22. The van der Waals surface area contributed by atoms with Crippen molar-refractivity contribution in [2.75, 3.05) is 6.61 Å². The third-order valence-electron chi connectivity index (χ3n) is 1.67. The Morgan fingerprint density at radius 1 is 1.71 bits per heavy atom. The molecule has 14 heavy (non-hydrogen) atoms. The lowest BCUT2D eigenvalue weighted by Crippen LogP contribution is -2.29. The Morgan fingerprint density at radius 2 is 2.36 bits per heavy atom. The van der Waals surface area contributed by atoms with Crippen LogP contribution in [0.15, 0.2) is 6.20 Å². The van der Waals surface area contributed by atoms with Gasteiger partial charge in [0.05, 0.1) is 12.8 Å². The number of rotatable bonds is 3. The molecule has 1 aromatic heterocycles. The fourth-order valence-corrected chi connectivity index (χ4v) is 0.988. The largest absolute Gasteiger partial charge is 0.461 e. The second kappa shape index (κ2) is 3.73. The highest BCUT2D eigenvalue weighted by Gasteiger charge is 2.45. The van der Waals surface area contributed by atoms with Gasteiger partial charge in [-0.25, -0.2) is 4.79 Å². The van der Waals surface area contributed by atoms with Crippen LogP contribution in [0.5, 0.6) is 0 Å². The summed E-state index contributed by atoms with van der Waals surface area (Å²) in [6.45, 7) is 2.82. The predicted molar refractivity (Wildman–Crippen MR) is 43.9 cm³/mol. The number of hydrogen-bond donors (Lipinski definition) is 1. The van der Waals surface area contributed by atoms with E-state index in [1.165, 1.54) is 20.0 Å². The van der Waals surface area contributed by atoms with Gasteiger partial charge in [-0.1, -0.05) is 0 Å². The lowest BCUT2D eigenvalue weighted by Gasteiger charge is -2.13. The Balaban J connectivity index is 2.95. The monoisotopic (exact) mass is 204 g/mol. The van der Waals surface area contributed by atoms with E-state index in [-0.39, 0.29) is 12.2 Å². The van der Waals surface area contributed by atoms with Crippen molar-refractivity contribution >= 4 is 5.97 Å². The van der Waals surface area contributed by atoms with E-state index in [4.69, 9.17) is 0 Å². The van der Waals surface area contributed by atoms with Gasteiger partial charge in [-0.05, 0) is 19.4 Å². The molecule has 0 radical (unpaired) electrons. The molecule has 0 bridgehead atoms. The third kappa shape index (κ3) is 1.73. The van der Waals surface area contributed by atoms with E-state index >= 15 is 0 Å². The molecule has 0 aliphatic rings. The van der Waals surface area contributed by atoms with E-state index in [0.29, 0.717) is 0 Å². The zero-order valence-corrected chi connectivity index (χ0v) is 7.80. The van der Waals surface area contributed by atoms with Gasteiger partial charge in [0.1, 0.15) is 5.69 Å². The SMILES string of the molecule is CCOC(=O)C(F)(F)c1[nH]ncc1C. The molecule has 0 aliphatic carbocycles. The highest BCUT2D eigenvalue weighted by atomic mass is 19.3. The van der Waals surface area contributed by atoms with Crippen LogP contribution >= 0.6 is 0 Å². The van der Waals surface area contributed by atoms with Gasteiger partial charge in [-0.15, -0.1) is 0 Å². The first kappa shape index (κ1) is 10.6. The molecule has 6 heteroatoms. The Kier molecular flexibility index (Phi) is 2.83. The van der Waals surface area contributed by atoms with Crippen LogP contribution < -0.4 is 0 Å². The van der Waals surface area contributed by atoms with Crippen LogP contribution in [0.1, 0.15) is 18.2 Å². The number of H-pyrrole nitrogens is 1. The predicted octanol–water partition coefficient (Wildman–Crippen LogP) is 1.37. The minimum atomic E-state index is -3.66. The normalized spacial score (nSPS) is 11.4. The summed E-state index contributed by atoms with van der Waals surface area (Å²) >= 11 is 0. The lowest BCUT2D eigenvalue weighted by atomic mass is 10.1. The first-order valence-electron chi connectivity index (χ1n) is 4.05. The number of carbonyl (C=O) groups excluding carboxylic acids is 1. The zero-order valence-electron chi connectivity index (χ0n) is 7.80. The minimum absolute atomic E-state index is 0.0817. The van der Waals surface area contributed by atoms with Gasteiger partial charge >= 0.3 is 11.9 Å². The van der Waals surface area contributed by atoms with Gasteiger partial charge in [0, 0.05) is 0 Å². The number of esters is 1. The van der Waals surface area contributed by atoms with Crippen LogP contribution in [0.3, 0.4) is 0 Å². The molecule has 0 spiro atoms. The average molecular weight is 204 g/mol. The fourth-order valence-electron chi connectivity index (χ4n) is 0.988. The smallest absolute Gasteiger partial charge is 0.384 e. The minimum Gasteiger partial charge on any atom is -0.461 e. The maximum absolute atomic E-state index is 13.3. The quantitative estimate of drug-likeness (QED) is 0.756. The van der Waals surface area contributed by atoms with E-state index in [9.17, 15) is 13.6 Å². The van der Waals surface area contributed by atoms with Crippen molar-refractivity contribution in [3.05, 3.63) is 17.5 Å². The van der Waals surface area contributed by atoms with Gasteiger partial charge in [0.2, 0.25) is 0 Å². The maximum Gasteiger partial charge on any atom is 0.384 e. The second-order valence-corrected chi connectivity index (χ2v) is 2.72. The highest BCUT2D eigenvalue weighted by Crippen LogP contribution is 2.29. The van der Waals surface area contributed by atoms with E-state index in [0.717, 1.165) is 0 Å². The summed E-state index contributed by atoms with van der Waals surface area (Å²) < 4.78 is 30.8. The molecular weight excluding hydrogens is 194 g/mol. The third-order valence-corrected chi connectivity index (χ3v) is 1.67. The van der Waals surface area contributed by atoms with Crippen LogP contribution in [0.4, 0.5) is 8.78 Å². The topological polar surface area (TPSA) is 55.0 Å². The summed E-state index contributed by atoms with van der Waals surface area (Å²) in [5.41, 5.74) is -0.293. The summed E-state index contributed by atoms with van der Waals surface area (Å²) in [6, 6.07) is 0. The van der Waals surface area contributed by atoms with Crippen LogP contribution in [0.2, 0.25) is 0 Å². The van der Waals surface area contributed by atoms with Gasteiger partial charge in [-0.3, -0.25) is 5.10 Å². The highest BCUT2D eigenvalue weighted by molar-refractivity contribution is 5.79. The molecule has 0 fully saturated rings. The molecule has 1 N–H and O–H groups in total. The zero-order chi connectivity index (χ0) is 10.8. The molecule has 4 nitrogen and oxygen atoms in total. The molecule has 78 valence electrons. The second-order valence-electron chi connectivity index (χ2n) is 2.72. The van der Waals surface area contributed by atoms with Crippen molar-refractivity contribution in [2.24, 2.45) is 0 Å². The van der Waals surface area contributed by atoms with Crippen molar-refractivity contribution in [3.63, 3.8) is 0 Å². The van der Waals surface area contributed by atoms with Crippen molar-refractivity contribution in [3.8, 4) is 0 Å². The number of hydrogen-bond acceptors (Lipinski definition) is 3. The van der Waals surface area contributed by atoms with Crippen molar-refractivity contribution in [2.45, 2.75) is 19.8 Å². The first-order valence-corrected chi connectivity index (χ1v) is 4.05. The fraction of sp³-hybridized carbons (Fsp3) is 0.500. The Bertz CT molecular complexity index is 336. The maximum atomic E-state index is 13.3. The Morgan fingerprint density at radius 3 is 2.79 bits per heavy atom. The summed E-state index contributed by atoms with van der Waals surface area (Å²) in [7, 11) is 0. The van der Waals surface area contributed by atoms with Gasteiger partial charge in [0.15, 0.2) is 0 Å². The summed E-state index contributed by atoms with van der Waals surface area (Å²) in [6.07, 6.45) is 1.22. The lowest BCUT2D eigenvalue weighted by molar-refractivity contribution is -0.173. The first-order chi connectivity index (χ1) is 6.50. The van der Waals surface area contributed by atoms with Crippen LogP contribution in [0.25, 0.3) is 0 Å². The number of halogens is 2. The molecular formula is C8H10F2N2O2. The molecule has 0 amide bonds. The van der Waals surface area contributed by atoms with Crippen LogP contribution in [-0.4, -0.2) is 22.8 Å². The van der Waals surface area contributed by atoms with E-state index in [1.807, 2.05) is 0 Å². The summed E-state index contributed by atoms with van der Waals surface area (Å²) in [4.78, 5) is 10.9. The summed E-state index contributed by atoms with van der Waals surface area (Å²) in [5, 5.41) is 5.50. The molecule has 0 aliphatic heterocycles. The number of nitrogens with zero attached hydrogens (tertiary/aromatic N) is 1. The molecule has 0 saturated heterocycles. The molecule has 0 aromatic carbocycles. The van der Waals surface area contributed by atoms with E-state index in [1.54, 1.807) is 0 Å². The number of aromatic nitrogens is 2. The Labute approximate surface area is 79.3 Å². The molecule has 0 unspecified atom stereocenters. The number of aryl methyl sites for hydroxylation is 1. The van der Waals surface area contributed by atoms with Crippen molar-refractivity contribution in [1.82, 2.24) is 10.2 Å². The van der Waals surface area contributed by atoms with Crippen LogP contribution in [0, 0.1) is 6.92 Å². The van der Waals surface area contributed by atoms with Gasteiger partial charge in [0.25, 0.3) is 0 Å². The molecule has 1 aromatic rings. The average Bonchev–Trinajstić information content (AvgIpc) is 2.52. The van der Waals surface area contributed by atoms with Gasteiger partial charge in [-0.2, -0.15) is 13.9 Å². The number of alkyl halides is 2. The number of nitrogens with one attached hydrogen (secondary N) is 1. The number of carbonyl (C=O) groups is 1. The van der Waals surface area contributed by atoms with Crippen molar-refractivity contribution in [1.29, 1.82) is 0 Å². The molecule has 1 heterocycles. The van der Waals surface area contributed by atoms with Gasteiger partial charge < -0.3 is 4.74 Å².